The first-order chi connectivity index (χ1) is 15.1. The number of carbonyl (C=O) groups excluding carboxylic acids is 1. The van der Waals surface area contributed by atoms with Gasteiger partial charge in [-0.05, 0) is 12.1 Å². The SMILES string of the molecule is O=C(N/N=C\c1cccc([N+](=O)[O-])c1)c1cn(-c2ccccc2)nc1-c1ccccc1. The minimum atomic E-state index is -0.486. The Morgan fingerprint density at radius 3 is 2.42 bits per heavy atom. The van der Waals surface area contributed by atoms with Gasteiger partial charge in [0.1, 0.15) is 5.69 Å². The molecule has 31 heavy (non-hydrogen) atoms. The fourth-order valence-electron chi connectivity index (χ4n) is 3.01. The van der Waals surface area contributed by atoms with Crippen LogP contribution in [0.5, 0.6) is 0 Å². The molecule has 0 saturated heterocycles. The average Bonchev–Trinajstić information content (AvgIpc) is 3.26. The molecule has 0 saturated carbocycles. The van der Waals surface area contributed by atoms with E-state index in [0.717, 1.165) is 11.3 Å². The molecule has 0 unspecified atom stereocenters. The number of para-hydroxylation sites is 1. The summed E-state index contributed by atoms with van der Waals surface area (Å²) in [6, 6.07) is 24.8. The van der Waals surface area contributed by atoms with Crippen LogP contribution in [0.25, 0.3) is 16.9 Å². The van der Waals surface area contributed by atoms with E-state index in [-0.39, 0.29) is 5.69 Å². The Kier molecular flexibility index (Phi) is 5.62. The Bertz CT molecular complexity index is 1250. The highest BCUT2D eigenvalue weighted by atomic mass is 16.6. The fourth-order valence-corrected chi connectivity index (χ4v) is 3.01. The predicted molar refractivity (Wildman–Crippen MR) is 117 cm³/mol. The van der Waals surface area contributed by atoms with Crippen molar-refractivity contribution >= 4 is 17.8 Å². The third-order valence-electron chi connectivity index (χ3n) is 4.49. The second-order valence-corrected chi connectivity index (χ2v) is 6.59. The minimum Gasteiger partial charge on any atom is -0.267 e. The Labute approximate surface area is 177 Å². The van der Waals surface area contributed by atoms with Crippen molar-refractivity contribution in [2.24, 2.45) is 5.10 Å². The lowest BCUT2D eigenvalue weighted by Crippen LogP contribution is -2.18. The number of rotatable bonds is 6. The second-order valence-electron chi connectivity index (χ2n) is 6.59. The number of nitro benzene ring substituents is 1. The Hall–Kier alpha value is -4.59. The molecule has 0 aliphatic carbocycles. The van der Waals surface area contributed by atoms with E-state index in [9.17, 15) is 14.9 Å². The van der Waals surface area contributed by atoms with Crippen molar-refractivity contribution in [2.45, 2.75) is 0 Å². The molecule has 0 spiro atoms. The van der Waals surface area contributed by atoms with Gasteiger partial charge < -0.3 is 0 Å². The maximum atomic E-state index is 12.9. The highest BCUT2D eigenvalue weighted by molar-refractivity contribution is 6.00. The van der Waals surface area contributed by atoms with Crippen LogP contribution in [0.1, 0.15) is 15.9 Å². The molecule has 1 amide bonds. The van der Waals surface area contributed by atoms with Crippen molar-refractivity contribution in [3.05, 3.63) is 112 Å². The zero-order chi connectivity index (χ0) is 21.6. The molecule has 0 aliphatic heterocycles. The quantitative estimate of drug-likeness (QED) is 0.292. The van der Waals surface area contributed by atoms with E-state index in [1.165, 1.54) is 18.3 Å². The third kappa shape index (κ3) is 4.54. The molecule has 3 aromatic carbocycles. The lowest BCUT2D eigenvalue weighted by molar-refractivity contribution is -0.384. The first-order valence-corrected chi connectivity index (χ1v) is 9.40. The Morgan fingerprint density at radius 2 is 1.71 bits per heavy atom. The molecule has 0 radical (unpaired) electrons. The molecule has 0 bridgehead atoms. The van der Waals surface area contributed by atoms with E-state index in [2.05, 4.69) is 15.6 Å². The standard InChI is InChI=1S/C23H17N5O3/c29-23(25-24-15-17-8-7-13-20(14-17)28(30)31)21-16-27(19-11-5-2-6-12-19)26-22(21)18-9-3-1-4-10-18/h1-16H,(H,25,29)/b24-15-. The van der Waals surface area contributed by atoms with Crippen molar-refractivity contribution < 1.29 is 9.72 Å². The van der Waals surface area contributed by atoms with Crippen LogP contribution in [0.15, 0.2) is 96.2 Å². The lowest BCUT2D eigenvalue weighted by atomic mass is 10.1. The van der Waals surface area contributed by atoms with Gasteiger partial charge in [-0.15, -0.1) is 0 Å². The van der Waals surface area contributed by atoms with Gasteiger partial charge in [0.2, 0.25) is 0 Å². The summed E-state index contributed by atoms with van der Waals surface area (Å²) in [6.07, 6.45) is 3.00. The van der Waals surface area contributed by atoms with E-state index in [1.807, 2.05) is 60.7 Å². The van der Waals surface area contributed by atoms with Crippen molar-refractivity contribution in [1.29, 1.82) is 0 Å². The van der Waals surface area contributed by atoms with Crippen molar-refractivity contribution in [3.63, 3.8) is 0 Å². The van der Waals surface area contributed by atoms with Gasteiger partial charge in [-0.1, -0.05) is 60.7 Å². The molecule has 152 valence electrons. The lowest BCUT2D eigenvalue weighted by Gasteiger charge is -2.01. The van der Waals surface area contributed by atoms with E-state index in [1.54, 1.807) is 23.0 Å². The van der Waals surface area contributed by atoms with Gasteiger partial charge in [0.25, 0.3) is 11.6 Å². The number of hydrogen-bond donors (Lipinski definition) is 1. The Balaban J connectivity index is 1.62. The van der Waals surface area contributed by atoms with E-state index in [0.29, 0.717) is 16.8 Å². The topological polar surface area (TPSA) is 102 Å². The van der Waals surface area contributed by atoms with Gasteiger partial charge in [-0.2, -0.15) is 10.2 Å². The molecule has 0 aliphatic rings. The average molecular weight is 411 g/mol. The molecule has 4 aromatic rings. The molecule has 4 rings (SSSR count). The molecular formula is C23H17N5O3. The number of benzene rings is 3. The molecule has 1 N–H and O–H groups in total. The van der Waals surface area contributed by atoms with E-state index < -0.39 is 10.8 Å². The van der Waals surface area contributed by atoms with Crippen LogP contribution in [0.3, 0.4) is 0 Å². The predicted octanol–water partition coefficient (Wildman–Crippen LogP) is 4.21. The maximum Gasteiger partial charge on any atom is 0.275 e. The number of hydrogen-bond acceptors (Lipinski definition) is 5. The van der Waals surface area contributed by atoms with Crippen molar-refractivity contribution in [3.8, 4) is 16.9 Å². The number of hydrazone groups is 1. The summed E-state index contributed by atoms with van der Waals surface area (Å²) in [5.41, 5.74) is 5.41. The van der Waals surface area contributed by atoms with Gasteiger partial charge in [0, 0.05) is 29.5 Å². The van der Waals surface area contributed by atoms with Gasteiger partial charge in [0.05, 0.1) is 22.4 Å². The first-order valence-electron chi connectivity index (χ1n) is 9.40. The van der Waals surface area contributed by atoms with Gasteiger partial charge in [0.15, 0.2) is 0 Å². The van der Waals surface area contributed by atoms with E-state index in [4.69, 9.17) is 0 Å². The zero-order valence-corrected chi connectivity index (χ0v) is 16.3. The van der Waals surface area contributed by atoms with Gasteiger partial charge in [-0.3, -0.25) is 14.9 Å². The van der Waals surface area contributed by atoms with Crippen LogP contribution >= 0.6 is 0 Å². The van der Waals surface area contributed by atoms with Crippen LogP contribution < -0.4 is 5.43 Å². The van der Waals surface area contributed by atoms with Crippen molar-refractivity contribution in [1.82, 2.24) is 15.2 Å². The largest absolute Gasteiger partial charge is 0.275 e. The number of aromatic nitrogens is 2. The normalized spacial score (nSPS) is 10.8. The third-order valence-corrected chi connectivity index (χ3v) is 4.49. The van der Waals surface area contributed by atoms with E-state index >= 15 is 0 Å². The summed E-state index contributed by atoms with van der Waals surface area (Å²) in [5.74, 6) is -0.442. The molecule has 8 nitrogen and oxygen atoms in total. The monoisotopic (exact) mass is 411 g/mol. The zero-order valence-electron chi connectivity index (χ0n) is 16.3. The minimum absolute atomic E-state index is 0.0502. The Morgan fingerprint density at radius 1 is 1.00 bits per heavy atom. The second kappa shape index (κ2) is 8.83. The highest BCUT2D eigenvalue weighted by Gasteiger charge is 2.18. The molecule has 0 fully saturated rings. The van der Waals surface area contributed by atoms with Gasteiger partial charge in [-0.25, -0.2) is 10.1 Å². The molecule has 1 heterocycles. The summed E-state index contributed by atoms with van der Waals surface area (Å²) < 4.78 is 1.64. The number of nitrogens with zero attached hydrogens (tertiary/aromatic N) is 4. The molecular weight excluding hydrogens is 394 g/mol. The van der Waals surface area contributed by atoms with Crippen LogP contribution in [-0.4, -0.2) is 26.8 Å². The maximum absolute atomic E-state index is 12.9. The van der Waals surface area contributed by atoms with Crippen LogP contribution in [-0.2, 0) is 0 Å². The number of nitro groups is 1. The summed E-state index contributed by atoms with van der Waals surface area (Å²) in [5, 5.41) is 19.4. The fraction of sp³-hybridized carbons (Fsp3) is 0. The number of non-ortho nitro benzene ring substituents is 1. The van der Waals surface area contributed by atoms with Crippen LogP contribution in [0.4, 0.5) is 5.69 Å². The molecule has 1 aromatic heterocycles. The smallest absolute Gasteiger partial charge is 0.267 e. The summed E-state index contributed by atoms with van der Waals surface area (Å²) in [6.45, 7) is 0. The molecule has 8 heteroatoms. The number of carbonyl (C=O) groups is 1. The van der Waals surface area contributed by atoms with Crippen molar-refractivity contribution in [2.75, 3.05) is 0 Å². The number of amides is 1. The number of nitrogens with one attached hydrogen (secondary N) is 1. The summed E-state index contributed by atoms with van der Waals surface area (Å²) in [7, 11) is 0. The highest BCUT2D eigenvalue weighted by Crippen LogP contribution is 2.23. The van der Waals surface area contributed by atoms with Gasteiger partial charge >= 0.3 is 0 Å². The molecule has 0 atom stereocenters. The summed E-state index contributed by atoms with van der Waals surface area (Å²) >= 11 is 0. The first kappa shape index (κ1) is 19.7. The summed E-state index contributed by atoms with van der Waals surface area (Å²) in [4.78, 5) is 23.3. The van der Waals surface area contributed by atoms with Crippen LogP contribution in [0, 0.1) is 10.1 Å². The van der Waals surface area contributed by atoms with Crippen LogP contribution in [0.2, 0.25) is 0 Å².